The maximum Gasteiger partial charge on any atom is 0.235 e. The number of aliphatic hydroxyl groups excluding tert-OH is 1. The molecule has 2 N–H and O–H groups in total. The molecule has 3 nitrogen and oxygen atoms in total. The molecule has 0 saturated heterocycles. The third kappa shape index (κ3) is 2.85. The lowest BCUT2D eigenvalue weighted by atomic mass is 9.77. The molecule has 0 aliphatic heterocycles. The fourth-order valence-electron chi connectivity index (χ4n) is 2.29. The molecule has 1 rings (SSSR count). The SMILES string of the molecule is CC1CCCC(CO)(NC(=O)CCl)C1. The van der Waals surface area contributed by atoms with Gasteiger partial charge in [-0.3, -0.25) is 4.79 Å². The monoisotopic (exact) mass is 219 g/mol. The molecule has 0 aromatic rings. The molecule has 1 saturated carbocycles. The lowest BCUT2D eigenvalue weighted by molar-refractivity contribution is -0.121. The minimum Gasteiger partial charge on any atom is -0.394 e. The number of rotatable bonds is 3. The zero-order valence-corrected chi connectivity index (χ0v) is 9.31. The van der Waals surface area contributed by atoms with E-state index in [1.165, 1.54) is 6.42 Å². The molecule has 1 fully saturated rings. The molecular weight excluding hydrogens is 202 g/mol. The van der Waals surface area contributed by atoms with Crippen LogP contribution in [-0.2, 0) is 4.79 Å². The highest BCUT2D eigenvalue weighted by Crippen LogP contribution is 2.31. The Kier molecular flexibility index (Phi) is 4.20. The molecule has 0 spiro atoms. The van der Waals surface area contributed by atoms with Crippen molar-refractivity contribution in [3.8, 4) is 0 Å². The van der Waals surface area contributed by atoms with Crippen molar-refractivity contribution in [3.05, 3.63) is 0 Å². The normalized spacial score (nSPS) is 32.6. The van der Waals surface area contributed by atoms with Gasteiger partial charge < -0.3 is 10.4 Å². The summed E-state index contributed by atoms with van der Waals surface area (Å²) < 4.78 is 0. The van der Waals surface area contributed by atoms with E-state index in [1.54, 1.807) is 0 Å². The van der Waals surface area contributed by atoms with Crippen molar-refractivity contribution in [1.29, 1.82) is 0 Å². The molecule has 0 aromatic heterocycles. The van der Waals surface area contributed by atoms with E-state index >= 15 is 0 Å². The summed E-state index contributed by atoms with van der Waals surface area (Å²) in [5.41, 5.74) is -0.413. The van der Waals surface area contributed by atoms with Gasteiger partial charge in [-0.25, -0.2) is 0 Å². The van der Waals surface area contributed by atoms with Crippen LogP contribution in [0.25, 0.3) is 0 Å². The molecule has 1 aliphatic rings. The standard InChI is InChI=1S/C10H18ClNO2/c1-8-3-2-4-10(5-8,7-13)12-9(14)6-11/h8,13H,2-7H2,1H3,(H,12,14). The van der Waals surface area contributed by atoms with Gasteiger partial charge in [-0.2, -0.15) is 0 Å². The third-order valence-electron chi connectivity index (χ3n) is 2.92. The zero-order chi connectivity index (χ0) is 10.6. The van der Waals surface area contributed by atoms with Gasteiger partial charge in [0.15, 0.2) is 0 Å². The lowest BCUT2D eigenvalue weighted by Crippen LogP contribution is -2.54. The summed E-state index contributed by atoms with van der Waals surface area (Å²) in [4.78, 5) is 11.2. The van der Waals surface area contributed by atoms with E-state index in [1.807, 2.05) is 0 Å². The Morgan fingerprint density at radius 2 is 2.43 bits per heavy atom. The number of alkyl halides is 1. The molecule has 0 heterocycles. The Bertz CT molecular complexity index is 210. The van der Waals surface area contributed by atoms with E-state index in [0.717, 1.165) is 19.3 Å². The number of carbonyl (C=O) groups is 1. The van der Waals surface area contributed by atoms with Gasteiger partial charge in [-0.1, -0.05) is 19.8 Å². The fraction of sp³-hybridized carbons (Fsp3) is 0.900. The van der Waals surface area contributed by atoms with Crippen molar-refractivity contribution in [3.63, 3.8) is 0 Å². The van der Waals surface area contributed by atoms with E-state index in [4.69, 9.17) is 11.6 Å². The third-order valence-corrected chi connectivity index (χ3v) is 3.16. The summed E-state index contributed by atoms with van der Waals surface area (Å²) in [6.45, 7) is 2.16. The first-order chi connectivity index (χ1) is 6.62. The first-order valence-electron chi connectivity index (χ1n) is 5.10. The summed E-state index contributed by atoms with van der Waals surface area (Å²) in [7, 11) is 0. The van der Waals surface area contributed by atoms with Crippen LogP contribution in [0.4, 0.5) is 0 Å². The summed E-state index contributed by atoms with van der Waals surface area (Å²) >= 11 is 5.43. The second kappa shape index (κ2) is 4.99. The van der Waals surface area contributed by atoms with Gasteiger partial charge in [0.25, 0.3) is 0 Å². The van der Waals surface area contributed by atoms with Gasteiger partial charge in [-0.05, 0) is 18.8 Å². The second-order valence-electron chi connectivity index (χ2n) is 4.32. The van der Waals surface area contributed by atoms with E-state index in [-0.39, 0.29) is 18.4 Å². The molecule has 82 valence electrons. The van der Waals surface area contributed by atoms with Crippen LogP contribution < -0.4 is 5.32 Å². The fourth-order valence-corrected chi connectivity index (χ4v) is 2.35. The van der Waals surface area contributed by atoms with Crippen molar-refractivity contribution in [2.45, 2.75) is 38.1 Å². The molecule has 14 heavy (non-hydrogen) atoms. The highest BCUT2D eigenvalue weighted by Gasteiger charge is 2.35. The average molecular weight is 220 g/mol. The Morgan fingerprint density at radius 3 is 2.93 bits per heavy atom. The maximum atomic E-state index is 11.2. The highest BCUT2D eigenvalue weighted by atomic mass is 35.5. The Morgan fingerprint density at radius 1 is 1.71 bits per heavy atom. The van der Waals surface area contributed by atoms with Crippen LogP contribution in [0.2, 0.25) is 0 Å². The average Bonchev–Trinajstić information content (AvgIpc) is 2.17. The molecular formula is C10H18ClNO2. The number of nitrogens with one attached hydrogen (secondary N) is 1. The molecule has 4 heteroatoms. The lowest BCUT2D eigenvalue weighted by Gasteiger charge is -2.39. The predicted molar refractivity (Wildman–Crippen MR) is 56.3 cm³/mol. The van der Waals surface area contributed by atoms with Gasteiger partial charge in [0.1, 0.15) is 5.88 Å². The number of hydrogen-bond donors (Lipinski definition) is 2. The molecule has 0 radical (unpaired) electrons. The summed E-state index contributed by atoms with van der Waals surface area (Å²) in [6, 6.07) is 0. The predicted octanol–water partition coefficient (Wildman–Crippen LogP) is 1.28. The molecule has 2 atom stereocenters. The molecule has 0 bridgehead atoms. The topological polar surface area (TPSA) is 49.3 Å². The van der Waals surface area contributed by atoms with Crippen LogP contribution in [0.1, 0.15) is 32.6 Å². The molecule has 0 aromatic carbocycles. The number of halogens is 1. The Labute approximate surface area is 89.8 Å². The zero-order valence-electron chi connectivity index (χ0n) is 8.55. The Hall–Kier alpha value is -0.280. The number of hydrogen-bond acceptors (Lipinski definition) is 2. The molecule has 2 unspecified atom stereocenters. The summed E-state index contributed by atoms with van der Waals surface area (Å²) in [5.74, 6) is 0.345. The van der Waals surface area contributed by atoms with Crippen LogP contribution in [0.15, 0.2) is 0 Å². The number of carbonyl (C=O) groups excluding carboxylic acids is 1. The van der Waals surface area contributed by atoms with Crippen molar-refractivity contribution >= 4 is 17.5 Å². The van der Waals surface area contributed by atoms with Crippen LogP contribution in [0.3, 0.4) is 0 Å². The van der Waals surface area contributed by atoms with Crippen LogP contribution in [-0.4, -0.2) is 29.0 Å². The number of amides is 1. The van der Waals surface area contributed by atoms with E-state index < -0.39 is 5.54 Å². The van der Waals surface area contributed by atoms with Gasteiger partial charge in [0.2, 0.25) is 5.91 Å². The highest BCUT2D eigenvalue weighted by molar-refractivity contribution is 6.27. The smallest absolute Gasteiger partial charge is 0.235 e. The molecule has 1 amide bonds. The van der Waals surface area contributed by atoms with Crippen LogP contribution in [0.5, 0.6) is 0 Å². The molecule has 1 aliphatic carbocycles. The minimum atomic E-state index is -0.413. The minimum absolute atomic E-state index is 0.0139. The van der Waals surface area contributed by atoms with Crippen molar-refractivity contribution in [1.82, 2.24) is 5.32 Å². The summed E-state index contributed by atoms with van der Waals surface area (Å²) in [6.07, 6.45) is 3.95. The van der Waals surface area contributed by atoms with Gasteiger partial charge in [0, 0.05) is 0 Å². The van der Waals surface area contributed by atoms with Crippen molar-refractivity contribution in [2.24, 2.45) is 5.92 Å². The van der Waals surface area contributed by atoms with Crippen molar-refractivity contribution in [2.75, 3.05) is 12.5 Å². The first-order valence-corrected chi connectivity index (χ1v) is 5.63. The van der Waals surface area contributed by atoms with Gasteiger partial charge in [-0.15, -0.1) is 11.6 Å². The van der Waals surface area contributed by atoms with Crippen LogP contribution in [0, 0.1) is 5.92 Å². The van der Waals surface area contributed by atoms with E-state index in [0.29, 0.717) is 5.92 Å². The second-order valence-corrected chi connectivity index (χ2v) is 4.59. The number of aliphatic hydroxyl groups is 1. The van der Waals surface area contributed by atoms with Gasteiger partial charge in [0.05, 0.1) is 12.1 Å². The summed E-state index contributed by atoms with van der Waals surface area (Å²) in [5, 5.41) is 12.2. The Balaban J connectivity index is 2.60. The van der Waals surface area contributed by atoms with Crippen molar-refractivity contribution < 1.29 is 9.90 Å². The largest absolute Gasteiger partial charge is 0.394 e. The first kappa shape index (κ1) is 11.8. The van der Waals surface area contributed by atoms with Gasteiger partial charge >= 0.3 is 0 Å². The van der Waals surface area contributed by atoms with E-state index in [2.05, 4.69) is 12.2 Å². The van der Waals surface area contributed by atoms with E-state index in [9.17, 15) is 9.90 Å². The maximum absolute atomic E-state index is 11.2. The quantitative estimate of drug-likeness (QED) is 0.703. The van der Waals surface area contributed by atoms with Crippen LogP contribution >= 0.6 is 11.6 Å².